The molecule has 5 rings (SSSR count). The van der Waals surface area contributed by atoms with Crippen LogP contribution in [0.3, 0.4) is 0 Å². The molecule has 2 aliphatic heterocycles. The van der Waals surface area contributed by atoms with Gasteiger partial charge in [0.15, 0.2) is 5.82 Å². The van der Waals surface area contributed by atoms with Crippen molar-refractivity contribution in [3.05, 3.63) is 66.9 Å². The molecule has 0 amide bonds. The molecule has 0 atom stereocenters. The van der Waals surface area contributed by atoms with Crippen LogP contribution < -0.4 is 9.80 Å². The van der Waals surface area contributed by atoms with E-state index in [0.29, 0.717) is 44.3 Å². The Hall–Kier alpha value is -3.01. The van der Waals surface area contributed by atoms with Crippen molar-refractivity contribution < 1.29 is 13.2 Å². The standard InChI is InChI=1S/C24H27N5O3S/c30-33(31,23-8-6-21(7-9-23)20-4-2-1-3-5-20)29-12-10-27(11-13-29)22-18-24(26-25-19-22)28-14-16-32-17-15-28/h1-9,18-19H,10-17H2. The summed E-state index contributed by atoms with van der Waals surface area (Å²) < 4.78 is 33.4. The quantitative estimate of drug-likeness (QED) is 0.573. The number of piperazine rings is 1. The highest BCUT2D eigenvalue weighted by atomic mass is 32.2. The van der Waals surface area contributed by atoms with Crippen molar-refractivity contribution in [3.8, 4) is 11.1 Å². The van der Waals surface area contributed by atoms with Gasteiger partial charge in [-0.2, -0.15) is 9.40 Å². The predicted octanol–water partition coefficient (Wildman–Crippen LogP) is 2.49. The van der Waals surface area contributed by atoms with Gasteiger partial charge in [-0.05, 0) is 23.3 Å². The Balaban J connectivity index is 1.25. The van der Waals surface area contributed by atoms with E-state index in [9.17, 15) is 8.42 Å². The Labute approximate surface area is 194 Å². The molecule has 9 heteroatoms. The molecule has 3 aromatic rings. The maximum absolute atomic E-state index is 13.2. The molecule has 2 fully saturated rings. The molecule has 172 valence electrons. The number of morpholine rings is 1. The first-order chi connectivity index (χ1) is 16.1. The number of rotatable bonds is 5. The van der Waals surface area contributed by atoms with Crippen LogP contribution in [0.2, 0.25) is 0 Å². The van der Waals surface area contributed by atoms with Crippen molar-refractivity contribution >= 4 is 21.5 Å². The molecule has 0 bridgehead atoms. The summed E-state index contributed by atoms with van der Waals surface area (Å²) in [4.78, 5) is 4.67. The summed E-state index contributed by atoms with van der Waals surface area (Å²) >= 11 is 0. The number of sulfonamides is 1. The fourth-order valence-corrected chi connectivity index (χ4v) is 5.67. The molecular formula is C24H27N5O3S. The monoisotopic (exact) mass is 465 g/mol. The Bertz CT molecular complexity index is 1170. The summed E-state index contributed by atoms with van der Waals surface area (Å²) in [5.74, 6) is 0.837. The van der Waals surface area contributed by atoms with Crippen LogP contribution in [0, 0.1) is 0 Å². The molecule has 0 saturated carbocycles. The third kappa shape index (κ3) is 4.71. The molecule has 0 aliphatic carbocycles. The van der Waals surface area contributed by atoms with E-state index < -0.39 is 10.0 Å². The predicted molar refractivity (Wildman–Crippen MR) is 128 cm³/mol. The largest absolute Gasteiger partial charge is 0.378 e. The summed E-state index contributed by atoms with van der Waals surface area (Å²) in [6.45, 7) is 5.05. The summed E-state index contributed by atoms with van der Waals surface area (Å²) in [7, 11) is -3.54. The second-order valence-electron chi connectivity index (χ2n) is 8.15. The fraction of sp³-hybridized carbons (Fsp3) is 0.333. The van der Waals surface area contributed by atoms with E-state index in [2.05, 4.69) is 20.0 Å². The second kappa shape index (κ2) is 9.46. The molecule has 8 nitrogen and oxygen atoms in total. The molecule has 33 heavy (non-hydrogen) atoms. The third-order valence-electron chi connectivity index (χ3n) is 6.17. The minimum atomic E-state index is -3.54. The number of benzene rings is 2. The highest BCUT2D eigenvalue weighted by molar-refractivity contribution is 7.89. The van der Waals surface area contributed by atoms with E-state index in [-0.39, 0.29) is 0 Å². The van der Waals surface area contributed by atoms with Crippen LogP contribution in [-0.4, -0.2) is 75.4 Å². The Morgan fingerprint density at radius 1 is 0.758 bits per heavy atom. The van der Waals surface area contributed by atoms with Crippen LogP contribution in [0.5, 0.6) is 0 Å². The lowest BCUT2D eigenvalue weighted by Gasteiger charge is -2.35. The van der Waals surface area contributed by atoms with Gasteiger partial charge in [0.05, 0.1) is 30.0 Å². The van der Waals surface area contributed by atoms with Gasteiger partial charge in [-0.1, -0.05) is 42.5 Å². The average Bonchev–Trinajstić information content (AvgIpc) is 2.90. The van der Waals surface area contributed by atoms with Crippen LogP contribution in [0.4, 0.5) is 11.5 Å². The van der Waals surface area contributed by atoms with E-state index in [1.807, 2.05) is 48.5 Å². The first-order valence-electron chi connectivity index (χ1n) is 11.2. The van der Waals surface area contributed by atoms with Crippen LogP contribution in [0.1, 0.15) is 0 Å². The van der Waals surface area contributed by atoms with E-state index in [4.69, 9.17) is 4.74 Å². The van der Waals surface area contributed by atoms with Gasteiger partial charge in [0, 0.05) is 45.3 Å². The van der Waals surface area contributed by atoms with Gasteiger partial charge in [-0.15, -0.1) is 5.10 Å². The van der Waals surface area contributed by atoms with Crippen molar-refractivity contribution in [2.75, 3.05) is 62.3 Å². The van der Waals surface area contributed by atoms with Gasteiger partial charge in [0.1, 0.15) is 0 Å². The highest BCUT2D eigenvalue weighted by Crippen LogP contribution is 2.25. The van der Waals surface area contributed by atoms with E-state index in [0.717, 1.165) is 35.7 Å². The molecule has 3 heterocycles. The van der Waals surface area contributed by atoms with Gasteiger partial charge in [-0.3, -0.25) is 0 Å². The maximum Gasteiger partial charge on any atom is 0.243 e. The molecule has 2 aliphatic rings. The van der Waals surface area contributed by atoms with Gasteiger partial charge in [0.2, 0.25) is 10.0 Å². The first-order valence-corrected chi connectivity index (χ1v) is 12.6. The van der Waals surface area contributed by atoms with Gasteiger partial charge in [0.25, 0.3) is 0 Å². The summed E-state index contributed by atoms with van der Waals surface area (Å²) in [6.07, 6.45) is 1.75. The van der Waals surface area contributed by atoms with Crippen molar-refractivity contribution in [1.82, 2.24) is 14.5 Å². The van der Waals surface area contributed by atoms with Crippen molar-refractivity contribution in [2.45, 2.75) is 4.90 Å². The molecular weight excluding hydrogens is 438 g/mol. The first kappa shape index (κ1) is 21.8. The topological polar surface area (TPSA) is 78.9 Å². The summed E-state index contributed by atoms with van der Waals surface area (Å²) in [5.41, 5.74) is 3.04. The van der Waals surface area contributed by atoms with Crippen molar-refractivity contribution in [1.29, 1.82) is 0 Å². The zero-order valence-corrected chi connectivity index (χ0v) is 19.2. The van der Waals surface area contributed by atoms with Crippen LogP contribution in [-0.2, 0) is 14.8 Å². The Kier molecular flexibility index (Phi) is 6.26. The zero-order valence-electron chi connectivity index (χ0n) is 18.4. The van der Waals surface area contributed by atoms with E-state index in [1.54, 1.807) is 22.6 Å². The lowest BCUT2D eigenvalue weighted by atomic mass is 10.1. The number of aromatic nitrogens is 2. The third-order valence-corrected chi connectivity index (χ3v) is 8.08. The zero-order chi connectivity index (χ0) is 22.7. The minimum Gasteiger partial charge on any atom is -0.378 e. The number of hydrogen-bond donors (Lipinski definition) is 0. The van der Waals surface area contributed by atoms with E-state index in [1.165, 1.54) is 0 Å². The molecule has 1 aromatic heterocycles. The maximum atomic E-state index is 13.2. The molecule has 2 aromatic carbocycles. The normalized spacial score (nSPS) is 17.8. The van der Waals surface area contributed by atoms with Crippen LogP contribution in [0.25, 0.3) is 11.1 Å². The summed E-state index contributed by atoms with van der Waals surface area (Å²) in [6, 6.07) is 19.1. The number of ether oxygens (including phenoxy) is 1. The van der Waals surface area contributed by atoms with Crippen LogP contribution >= 0.6 is 0 Å². The van der Waals surface area contributed by atoms with Crippen LogP contribution in [0.15, 0.2) is 71.8 Å². The van der Waals surface area contributed by atoms with Gasteiger partial charge < -0.3 is 14.5 Å². The minimum absolute atomic E-state index is 0.329. The average molecular weight is 466 g/mol. The molecule has 2 saturated heterocycles. The SMILES string of the molecule is O=S(=O)(c1ccc(-c2ccccc2)cc1)N1CCN(c2cnnc(N3CCOCC3)c2)CC1. The molecule has 0 unspecified atom stereocenters. The Morgan fingerprint density at radius 2 is 1.42 bits per heavy atom. The summed E-state index contributed by atoms with van der Waals surface area (Å²) in [5, 5.41) is 8.45. The second-order valence-corrected chi connectivity index (χ2v) is 10.1. The lowest BCUT2D eigenvalue weighted by Crippen LogP contribution is -2.48. The molecule has 0 spiro atoms. The Morgan fingerprint density at radius 3 is 2.12 bits per heavy atom. The molecule has 0 N–H and O–H groups in total. The van der Waals surface area contributed by atoms with Gasteiger partial charge >= 0.3 is 0 Å². The van der Waals surface area contributed by atoms with Crippen molar-refractivity contribution in [2.24, 2.45) is 0 Å². The number of hydrogen-bond acceptors (Lipinski definition) is 7. The van der Waals surface area contributed by atoms with Gasteiger partial charge in [-0.25, -0.2) is 8.42 Å². The van der Waals surface area contributed by atoms with Crippen molar-refractivity contribution in [3.63, 3.8) is 0 Å². The number of anilines is 2. The lowest BCUT2D eigenvalue weighted by molar-refractivity contribution is 0.122. The molecule has 0 radical (unpaired) electrons. The highest BCUT2D eigenvalue weighted by Gasteiger charge is 2.29. The van der Waals surface area contributed by atoms with E-state index >= 15 is 0 Å². The number of nitrogens with zero attached hydrogens (tertiary/aromatic N) is 5. The smallest absolute Gasteiger partial charge is 0.243 e. The fourth-order valence-electron chi connectivity index (χ4n) is 4.25.